The summed E-state index contributed by atoms with van der Waals surface area (Å²) in [6.07, 6.45) is 10.2. The highest BCUT2D eigenvalue weighted by Crippen LogP contribution is 2.27. The van der Waals surface area contributed by atoms with Crippen molar-refractivity contribution in [1.29, 1.82) is 0 Å². The van der Waals surface area contributed by atoms with Gasteiger partial charge in [0.05, 0.1) is 18.0 Å². The Morgan fingerprint density at radius 2 is 1.81 bits per heavy atom. The van der Waals surface area contributed by atoms with Crippen molar-refractivity contribution >= 4 is 6.29 Å². The summed E-state index contributed by atoms with van der Waals surface area (Å²) < 4.78 is 5.99. The minimum Gasteiger partial charge on any atom is -0.490 e. The normalized spacial score (nSPS) is 21.7. The van der Waals surface area contributed by atoms with E-state index in [9.17, 15) is 4.79 Å². The van der Waals surface area contributed by atoms with Crippen molar-refractivity contribution in [3.63, 3.8) is 0 Å². The van der Waals surface area contributed by atoms with Crippen LogP contribution in [0.2, 0.25) is 0 Å². The lowest BCUT2D eigenvalue weighted by atomic mass is 9.88. The van der Waals surface area contributed by atoms with Crippen LogP contribution in [0.5, 0.6) is 5.75 Å². The van der Waals surface area contributed by atoms with Crippen molar-refractivity contribution in [2.75, 3.05) is 0 Å². The minimum atomic E-state index is 0.226. The summed E-state index contributed by atoms with van der Waals surface area (Å²) in [6, 6.07) is 7.93. The number of aldehydes is 1. The van der Waals surface area contributed by atoms with E-state index in [1.54, 1.807) is 18.6 Å². The Morgan fingerprint density at radius 1 is 1.05 bits per heavy atom. The summed E-state index contributed by atoms with van der Waals surface area (Å²) in [5, 5.41) is 0. The third kappa shape index (κ3) is 3.45. The van der Waals surface area contributed by atoms with E-state index in [-0.39, 0.29) is 12.0 Å². The van der Waals surface area contributed by atoms with Gasteiger partial charge >= 0.3 is 0 Å². The summed E-state index contributed by atoms with van der Waals surface area (Å²) in [7, 11) is 0. The number of carbonyl (C=O) groups is 1. The quantitative estimate of drug-likeness (QED) is 0.807. The van der Waals surface area contributed by atoms with E-state index in [0.29, 0.717) is 0 Å². The molecule has 1 aliphatic carbocycles. The van der Waals surface area contributed by atoms with Crippen molar-refractivity contribution in [2.24, 2.45) is 5.92 Å². The van der Waals surface area contributed by atoms with Gasteiger partial charge in [0.25, 0.3) is 0 Å². The van der Waals surface area contributed by atoms with E-state index < -0.39 is 0 Å². The average molecular weight is 282 g/mol. The van der Waals surface area contributed by atoms with E-state index in [0.717, 1.165) is 49.0 Å². The van der Waals surface area contributed by atoms with Crippen LogP contribution in [0.4, 0.5) is 0 Å². The van der Waals surface area contributed by atoms with E-state index in [2.05, 4.69) is 9.97 Å². The number of ether oxygens (including phenoxy) is 1. The molecule has 2 aromatic rings. The van der Waals surface area contributed by atoms with Gasteiger partial charge in [0.15, 0.2) is 0 Å². The second-order valence-corrected chi connectivity index (χ2v) is 5.41. The van der Waals surface area contributed by atoms with Gasteiger partial charge in [0.2, 0.25) is 0 Å². The van der Waals surface area contributed by atoms with Gasteiger partial charge in [0, 0.05) is 23.9 Å². The summed E-state index contributed by atoms with van der Waals surface area (Å²) >= 11 is 0. The van der Waals surface area contributed by atoms with Gasteiger partial charge in [-0.15, -0.1) is 0 Å². The third-order valence-electron chi connectivity index (χ3n) is 3.93. The van der Waals surface area contributed by atoms with Crippen LogP contribution in [-0.2, 0) is 4.79 Å². The van der Waals surface area contributed by atoms with Crippen LogP contribution in [0.3, 0.4) is 0 Å². The smallest absolute Gasteiger partial charge is 0.123 e. The highest BCUT2D eigenvalue weighted by atomic mass is 16.5. The van der Waals surface area contributed by atoms with E-state index in [4.69, 9.17) is 4.74 Å². The van der Waals surface area contributed by atoms with E-state index in [1.807, 2.05) is 24.3 Å². The highest BCUT2D eigenvalue weighted by Gasteiger charge is 2.21. The summed E-state index contributed by atoms with van der Waals surface area (Å²) in [4.78, 5) is 19.1. The molecule has 0 bridgehead atoms. The van der Waals surface area contributed by atoms with Gasteiger partial charge in [-0.3, -0.25) is 9.97 Å². The molecule has 0 radical (unpaired) electrons. The first-order chi connectivity index (χ1) is 10.3. The fourth-order valence-electron chi connectivity index (χ4n) is 2.69. The second kappa shape index (κ2) is 6.48. The van der Waals surface area contributed by atoms with Gasteiger partial charge in [0.1, 0.15) is 12.0 Å². The first-order valence-corrected chi connectivity index (χ1v) is 7.33. The summed E-state index contributed by atoms with van der Waals surface area (Å²) in [5.41, 5.74) is 1.88. The zero-order chi connectivity index (χ0) is 14.5. The Hall–Kier alpha value is -2.23. The lowest BCUT2D eigenvalue weighted by molar-refractivity contribution is -0.112. The number of rotatable bonds is 4. The Morgan fingerprint density at radius 3 is 2.43 bits per heavy atom. The largest absolute Gasteiger partial charge is 0.490 e. The number of benzene rings is 1. The maximum atomic E-state index is 10.7. The molecule has 1 fully saturated rings. The fraction of sp³-hybridized carbons (Fsp3) is 0.353. The maximum absolute atomic E-state index is 10.7. The van der Waals surface area contributed by atoms with Gasteiger partial charge in [-0.1, -0.05) is 0 Å². The van der Waals surface area contributed by atoms with Crippen molar-refractivity contribution in [1.82, 2.24) is 9.97 Å². The SMILES string of the molecule is O=CC1CCC(Oc2ccc(-c3cnccn3)cc2)CC1. The van der Waals surface area contributed by atoms with Gasteiger partial charge in [-0.25, -0.2) is 0 Å². The molecule has 4 nitrogen and oxygen atoms in total. The first kappa shape index (κ1) is 13.7. The predicted octanol–water partition coefficient (Wildman–Crippen LogP) is 3.28. The Labute approximate surface area is 124 Å². The molecular weight excluding hydrogens is 264 g/mol. The van der Waals surface area contributed by atoms with Crippen LogP contribution < -0.4 is 4.74 Å². The lowest BCUT2D eigenvalue weighted by Crippen LogP contribution is -2.24. The number of carbonyl (C=O) groups excluding carboxylic acids is 1. The number of aromatic nitrogens is 2. The fourth-order valence-corrected chi connectivity index (χ4v) is 2.69. The molecule has 1 heterocycles. The molecule has 0 aliphatic heterocycles. The zero-order valence-corrected chi connectivity index (χ0v) is 11.8. The number of nitrogens with zero attached hydrogens (tertiary/aromatic N) is 2. The highest BCUT2D eigenvalue weighted by molar-refractivity contribution is 5.58. The molecule has 108 valence electrons. The van der Waals surface area contributed by atoms with Crippen molar-refractivity contribution in [2.45, 2.75) is 31.8 Å². The zero-order valence-electron chi connectivity index (χ0n) is 11.8. The summed E-state index contributed by atoms with van der Waals surface area (Å²) in [6.45, 7) is 0. The van der Waals surface area contributed by atoms with E-state index in [1.165, 1.54) is 0 Å². The molecular formula is C17H18N2O2. The molecule has 0 N–H and O–H groups in total. The number of hydrogen-bond acceptors (Lipinski definition) is 4. The molecule has 0 amide bonds. The molecule has 0 atom stereocenters. The molecule has 1 aromatic heterocycles. The van der Waals surface area contributed by atoms with Crippen molar-refractivity contribution in [3.05, 3.63) is 42.9 Å². The van der Waals surface area contributed by atoms with Crippen LogP contribution in [0.1, 0.15) is 25.7 Å². The predicted molar refractivity (Wildman–Crippen MR) is 79.9 cm³/mol. The van der Waals surface area contributed by atoms with Crippen LogP contribution >= 0.6 is 0 Å². The van der Waals surface area contributed by atoms with Crippen LogP contribution in [0, 0.1) is 5.92 Å². The average Bonchev–Trinajstić information content (AvgIpc) is 2.57. The molecule has 0 spiro atoms. The molecule has 1 aliphatic rings. The molecule has 0 unspecified atom stereocenters. The van der Waals surface area contributed by atoms with Crippen LogP contribution in [0.25, 0.3) is 11.3 Å². The Bertz CT molecular complexity index is 575. The molecule has 1 aromatic carbocycles. The molecule has 0 saturated heterocycles. The Kier molecular flexibility index (Phi) is 4.24. The monoisotopic (exact) mass is 282 g/mol. The first-order valence-electron chi connectivity index (χ1n) is 7.33. The van der Waals surface area contributed by atoms with Crippen LogP contribution in [-0.4, -0.2) is 22.4 Å². The number of hydrogen-bond donors (Lipinski definition) is 0. The van der Waals surface area contributed by atoms with Crippen LogP contribution in [0.15, 0.2) is 42.9 Å². The van der Waals surface area contributed by atoms with E-state index >= 15 is 0 Å². The third-order valence-corrected chi connectivity index (χ3v) is 3.93. The van der Waals surface area contributed by atoms with Gasteiger partial charge in [-0.2, -0.15) is 0 Å². The minimum absolute atomic E-state index is 0.226. The standard InChI is InChI=1S/C17H18N2O2/c20-12-13-1-5-15(6-2-13)21-16-7-3-14(4-8-16)17-11-18-9-10-19-17/h3-4,7-13,15H,1-2,5-6H2. The summed E-state index contributed by atoms with van der Waals surface area (Å²) in [5.74, 6) is 1.10. The molecule has 1 saturated carbocycles. The molecule has 3 rings (SSSR count). The topological polar surface area (TPSA) is 52.1 Å². The van der Waals surface area contributed by atoms with Crippen molar-refractivity contribution < 1.29 is 9.53 Å². The second-order valence-electron chi connectivity index (χ2n) is 5.41. The van der Waals surface area contributed by atoms with Crippen molar-refractivity contribution in [3.8, 4) is 17.0 Å². The molecule has 21 heavy (non-hydrogen) atoms. The lowest BCUT2D eigenvalue weighted by Gasteiger charge is -2.26. The Balaban J connectivity index is 1.61. The molecule has 4 heteroatoms. The van der Waals surface area contributed by atoms with Gasteiger partial charge in [-0.05, 0) is 49.9 Å². The van der Waals surface area contributed by atoms with Gasteiger partial charge < -0.3 is 9.53 Å². The maximum Gasteiger partial charge on any atom is 0.123 e.